The second kappa shape index (κ2) is 5.96. The van der Waals surface area contributed by atoms with Gasteiger partial charge in [0.1, 0.15) is 5.82 Å². The first-order valence-corrected chi connectivity index (χ1v) is 7.65. The van der Waals surface area contributed by atoms with Gasteiger partial charge in [-0.05, 0) is 38.3 Å². The SMILES string of the molecule is CCCC(CC)n1c(C(C)Cl)nc2cccc(C)c21. The minimum atomic E-state index is -0.0577. The lowest BCUT2D eigenvalue weighted by molar-refractivity contribution is 0.443. The Bertz CT molecular complexity index is 557. The number of aromatic nitrogens is 2. The van der Waals surface area contributed by atoms with Crippen molar-refractivity contribution in [2.45, 2.75) is 58.4 Å². The summed E-state index contributed by atoms with van der Waals surface area (Å²) < 4.78 is 2.38. The lowest BCUT2D eigenvalue weighted by Crippen LogP contribution is -2.12. The van der Waals surface area contributed by atoms with Crippen molar-refractivity contribution < 1.29 is 0 Å². The van der Waals surface area contributed by atoms with Gasteiger partial charge in [0.15, 0.2) is 0 Å². The molecule has 2 nitrogen and oxygen atoms in total. The molecule has 0 saturated carbocycles. The first-order valence-electron chi connectivity index (χ1n) is 7.21. The van der Waals surface area contributed by atoms with E-state index < -0.39 is 0 Å². The molecule has 0 fully saturated rings. The predicted octanol–water partition coefficient (Wildman–Crippen LogP) is 5.40. The quantitative estimate of drug-likeness (QED) is 0.670. The van der Waals surface area contributed by atoms with Crippen LogP contribution in [0.4, 0.5) is 0 Å². The van der Waals surface area contributed by atoms with Crippen molar-refractivity contribution in [3.63, 3.8) is 0 Å². The highest BCUT2D eigenvalue weighted by Gasteiger charge is 2.21. The van der Waals surface area contributed by atoms with Crippen LogP contribution < -0.4 is 0 Å². The van der Waals surface area contributed by atoms with Crippen molar-refractivity contribution in [1.82, 2.24) is 9.55 Å². The zero-order valence-electron chi connectivity index (χ0n) is 12.3. The first kappa shape index (κ1) is 14.4. The van der Waals surface area contributed by atoms with E-state index in [1.807, 2.05) is 6.92 Å². The Morgan fingerprint density at radius 3 is 2.63 bits per heavy atom. The van der Waals surface area contributed by atoms with Gasteiger partial charge in [-0.2, -0.15) is 0 Å². The third-order valence-electron chi connectivity index (χ3n) is 3.75. The fourth-order valence-electron chi connectivity index (χ4n) is 2.84. The van der Waals surface area contributed by atoms with Crippen LogP contribution in [0.15, 0.2) is 18.2 Å². The number of nitrogens with zero attached hydrogens (tertiary/aromatic N) is 2. The molecule has 0 radical (unpaired) electrons. The molecular weight excluding hydrogens is 256 g/mol. The molecule has 19 heavy (non-hydrogen) atoms. The summed E-state index contributed by atoms with van der Waals surface area (Å²) in [7, 11) is 0. The van der Waals surface area contributed by atoms with Crippen molar-refractivity contribution in [3.8, 4) is 0 Å². The van der Waals surface area contributed by atoms with Crippen molar-refractivity contribution >= 4 is 22.6 Å². The number of hydrogen-bond donors (Lipinski definition) is 0. The highest BCUT2D eigenvalue weighted by Crippen LogP contribution is 2.32. The number of aryl methyl sites for hydroxylation is 1. The molecule has 0 amide bonds. The van der Waals surface area contributed by atoms with Crippen LogP contribution >= 0.6 is 11.6 Å². The summed E-state index contributed by atoms with van der Waals surface area (Å²) in [6.45, 7) is 8.64. The molecular formula is C16H23ClN2. The molecule has 1 heterocycles. The van der Waals surface area contributed by atoms with Crippen LogP contribution in [0.2, 0.25) is 0 Å². The van der Waals surface area contributed by atoms with Gasteiger partial charge in [-0.1, -0.05) is 32.4 Å². The molecule has 2 atom stereocenters. The van der Waals surface area contributed by atoms with Gasteiger partial charge < -0.3 is 4.57 Å². The second-order valence-corrected chi connectivity index (χ2v) is 5.90. The normalized spacial score (nSPS) is 14.8. The molecule has 1 aromatic carbocycles. The maximum absolute atomic E-state index is 6.35. The van der Waals surface area contributed by atoms with Crippen LogP contribution in [-0.2, 0) is 0 Å². The summed E-state index contributed by atoms with van der Waals surface area (Å²) in [5, 5.41) is -0.0577. The van der Waals surface area contributed by atoms with Crippen LogP contribution in [0.5, 0.6) is 0 Å². The second-order valence-electron chi connectivity index (χ2n) is 5.25. The van der Waals surface area contributed by atoms with Gasteiger partial charge >= 0.3 is 0 Å². The van der Waals surface area contributed by atoms with E-state index in [1.54, 1.807) is 0 Å². The minimum Gasteiger partial charge on any atom is -0.323 e. The Labute approximate surface area is 120 Å². The number of benzene rings is 1. The van der Waals surface area contributed by atoms with Crippen LogP contribution in [-0.4, -0.2) is 9.55 Å². The molecule has 1 aromatic heterocycles. The van der Waals surface area contributed by atoms with Gasteiger partial charge in [0, 0.05) is 6.04 Å². The predicted molar refractivity (Wildman–Crippen MR) is 83.0 cm³/mol. The molecule has 0 saturated heterocycles. The molecule has 0 N–H and O–H groups in total. The zero-order valence-corrected chi connectivity index (χ0v) is 13.0. The Balaban J connectivity index is 2.69. The lowest BCUT2D eigenvalue weighted by Gasteiger charge is -2.21. The summed E-state index contributed by atoms with van der Waals surface area (Å²) >= 11 is 6.35. The number of fused-ring (bicyclic) bond motifs is 1. The fraction of sp³-hybridized carbons (Fsp3) is 0.562. The number of para-hydroxylation sites is 1. The molecule has 104 valence electrons. The van der Waals surface area contributed by atoms with E-state index in [-0.39, 0.29) is 5.38 Å². The van der Waals surface area contributed by atoms with Gasteiger partial charge in [0.25, 0.3) is 0 Å². The van der Waals surface area contributed by atoms with Crippen LogP contribution in [0, 0.1) is 6.92 Å². The molecule has 0 bridgehead atoms. The average Bonchev–Trinajstić information content (AvgIpc) is 2.77. The number of halogens is 1. The average molecular weight is 279 g/mol. The largest absolute Gasteiger partial charge is 0.323 e. The highest BCUT2D eigenvalue weighted by molar-refractivity contribution is 6.20. The fourth-order valence-corrected chi connectivity index (χ4v) is 2.99. The van der Waals surface area contributed by atoms with E-state index in [4.69, 9.17) is 16.6 Å². The number of alkyl halides is 1. The van der Waals surface area contributed by atoms with Gasteiger partial charge in [-0.3, -0.25) is 0 Å². The maximum atomic E-state index is 6.35. The van der Waals surface area contributed by atoms with Gasteiger partial charge in [0.2, 0.25) is 0 Å². The maximum Gasteiger partial charge on any atom is 0.127 e. The third-order valence-corrected chi connectivity index (χ3v) is 3.95. The van der Waals surface area contributed by atoms with Crippen LogP contribution in [0.1, 0.15) is 62.8 Å². The monoisotopic (exact) mass is 278 g/mol. The number of hydrogen-bond acceptors (Lipinski definition) is 1. The Kier molecular flexibility index (Phi) is 4.51. The van der Waals surface area contributed by atoms with Gasteiger partial charge in [-0.25, -0.2) is 4.98 Å². The van der Waals surface area contributed by atoms with E-state index in [1.165, 1.54) is 23.9 Å². The number of rotatable bonds is 5. The molecule has 2 unspecified atom stereocenters. The minimum absolute atomic E-state index is 0.0577. The highest BCUT2D eigenvalue weighted by atomic mass is 35.5. The van der Waals surface area contributed by atoms with Crippen molar-refractivity contribution in [1.29, 1.82) is 0 Å². The molecule has 0 spiro atoms. The van der Waals surface area contributed by atoms with E-state index in [2.05, 4.69) is 43.5 Å². The van der Waals surface area contributed by atoms with Crippen molar-refractivity contribution in [2.24, 2.45) is 0 Å². The van der Waals surface area contributed by atoms with Crippen LogP contribution in [0.25, 0.3) is 11.0 Å². The molecule has 0 aliphatic carbocycles. The standard InChI is InChI=1S/C16H23ClN2/c1-5-8-13(6-2)19-15-11(3)9-7-10-14(15)18-16(19)12(4)17/h7,9-10,12-13H,5-6,8H2,1-4H3. The molecule has 2 rings (SSSR count). The van der Waals surface area contributed by atoms with E-state index in [0.717, 1.165) is 17.8 Å². The molecule has 0 aliphatic heterocycles. The third kappa shape index (κ3) is 2.64. The van der Waals surface area contributed by atoms with Crippen molar-refractivity contribution in [2.75, 3.05) is 0 Å². The summed E-state index contributed by atoms with van der Waals surface area (Å²) in [5.41, 5.74) is 3.60. The Morgan fingerprint density at radius 2 is 2.05 bits per heavy atom. The molecule has 2 aromatic rings. The number of imidazole rings is 1. The summed E-state index contributed by atoms with van der Waals surface area (Å²) in [5.74, 6) is 1.01. The Hall–Kier alpha value is -1.02. The first-order chi connectivity index (χ1) is 9.10. The lowest BCUT2D eigenvalue weighted by atomic mass is 10.1. The van der Waals surface area contributed by atoms with E-state index >= 15 is 0 Å². The van der Waals surface area contributed by atoms with E-state index in [9.17, 15) is 0 Å². The molecule has 0 aliphatic rings. The Morgan fingerprint density at radius 1 is 1.32 bits per heavy atom. The van der Waals surface area contributed by atoms with Crippen LogP contribution in [0.3, 0.4) is 0 Å². The van der Waals surface area contributed by atoms with Gasteiger partial charge in [0.05, 0.1) is 16.4 Å². The summed E-state index contributed by atoms with van der Waals surface area (Å²) in [6.07, 6.45) is 3.47. The topological polar surface area (TPSA) is 17.8 Å². The zero-order chi connectivity index (χ0) is 14.0. The van der Waals surface area contributed by atoms with Gasteiger partial charge in [-0.15, -0.1) is 11.6 Å². The molecule has 3 heteroatoms. The smallest absolute Gasteiger partial charge is 0.127 e. The summed E-state index contributed by atoms with van der Waals surface area (Å²) in [6, 6.07) is 6.80. The van der Waals surface area contributed by atoms with E-state index in [0.29, 0.717) is 6.04 Å². The van der Waals surface area contributed by atoms with Crippen molar-refractivity contribution in [3.05, 3.63) is 29.6 Å². The summed E-state index contributed by atoms with van der Waals surface area (Å²) in [4.78, 5) is 4.76.